The number of carbonyl (C=O) groups excluding carboxylic acids is 1. The second kappa shape index (κ2) is 6.71. The van der Waals surface area contributed by atoms with Crippen molar-refractivity contribution in [3.63, 3.8) is 0 Å². The molecule has 2 atom stereocenters. The van der Waals surface area contributed by atoms with E-state index >= 15 is 0 Å². The third-order valence-electron chi connectivity index (χ3n) is 4.15. The SMILES string of the molecule is CCC1CCC(=O)N(CC(N)c2ccccc2)CC1. The van der Waals surface area contributed by atoms with Gasteiger partial charge in [-0.15, -0.1) is 0 Å². The van der Waals surface area contributed by atoms with Crippen molar-refractivity contribution in [3.05, 3.63) is 35.9 Å². The highest BCUT2D eigenvalue weighted by Gasteiger charge is 2.23. The van der Waals surface area contributed by atoms with Crippen LogP contribution in [0.5, 0.6) is 0 Å². The Balaban J connectivity index is 1.96. The number of rotatable bonds is 4. The fourth-order valence-corrected chi connectivity index (χ4v) is 2.74. The average Bonchev–Trinajstić information content (AvgIpc) is 2.62. The zero-order valence-corrected chi connectivity index (χ0v) is 11.7. The van der Waals surface area contributed by atoms with Crippen molar-refractivity contribution in [1.29, 1.82) is 0 Å². The molecule has 19 heavy (non-hydrogen) atoms. The Hall–Kier alpha value is -1.35. The van der Waals surface area contributed by atoms with Gasteiger partial charge in [-0.1, -0.05) is 43.7 Å². The molecular weight excluding hydrogens is 236 g/mol. The topological polar surface area (TPSA) is 46.3 Å². The summed E-state index contributed by atoms with van der Waals surface area (Å²) in [5, 5.41) is 0. The van der Waals surface area contributed by atoms with Gasteiger partial charge in [-0.3, -0.25) is 4.79 Å². The summed E-state index contributed by atoms with van der Waals surface area (Å²) in [6.45, 7) is 3.71. The molecule has 1 saturated heterocycles. The molecule has 2 rings (SSSR count). The van der Waals surface area contributed by atoms with E-state index < -0.39 is 0 Å². The molecule has 3 nitrogen and oxygen atoms in total. The second-order valence-corrected chi connectivity index (χ2v) is 5.46. The molecule has 0 aromatic heterocycles. The molecule has 1 amide bonds. The highest BCUT2D eigenvalue weighted by atomic mass is 16.2. The minimum absolute atomic E-state index is 0.0803. The van der Waals surface area contributed by atoms with Gasteiger partial charge < -0.3 is 10.6 Å². The molecule has 1 aliphatic heterocycles. The Kier molecular flexibility index (Phi) is 4.97. The predicted molar refractivity (Wildman–Crippen MR) is 77.6 cm³/mol. The van der Waals surface area contributed by atoms with Gasteiger partial charge in [0.15, 0.2) is 0 Å². The van der Waals surface area contributed by atoms with E-state index in [4.69, 9.17) is 5.73 Å². The van der Waals surface area contributed by atoms with E-state index in [1.807, 2.05) is 35.2 Å². The third-order valence-corrected chi connectivity index (χ3v) is 4.15. The number of nitrogens with zero attached hydrogens (tertiary/aromatic N) is 1. The second-order valence-electron chi connectivity index (χ2n) is 5.46. The van der Waals surface area contributed by atoms with Crippen molar-refractivity contribution >= 4 is 5.91 Å². The molecule has 1 heterocycles. The smallest absolute Gasteiger partial charge is 0.222 e. The van der Waals surface area contributed by atoms with Gasteiger partial charge in [0.25, 0.3) is 0 Å². The Labute approximate surface area is 115 Å². The molecule has 2 N–H and O–H groups in total. The van der Waals surface area contributed by atoms with E-state index in [1.54, 1.807) is 0 Å². The molecule has 0 bridgehead atoms. The summed E-state index contributed by atoms with van der Waals surface area (Å²) >= 11 is 0. The van der Waals surface area contributed by atoms with Crippen LogP contribution in [0.3, 0.4) is 0 Å². The van der Waals surface area contributed by atoms with Crippen LogP contribution in [0.4, 0.5) is 0 Å². The highest BCUT2D eigenvalue weighted by molar-refractivity contribution is 5.76. The standard InChI is InChI=1S/C16H24N2O/c1-2-13-8-9-16(19)18(11-10-13)12-15(17)14-6-4-3-5-7-14/h3-7,13,15H,2,8-12,17H2,1H3. The van der Waals surface area contributed by atoms with E-state index in [2.05, 4.69) is 6.92 Å². The lowest BCUT2D eigenvalue weighted by Crippen LogP contribution is -2.36. The Morgan fingerprint density at radius 3 is 2.74 bits per heavy atom. The quantitative estimate of drug-likeness (QED) is 0.904. The zero-order valence-electron chi connectivity index (χ0n) is 11.7. The van der Waals surface area contributed by atoms with Crippen LogP contribution in [-0.4, -0.2) is 23.9 Å². The van der Waals surface area contributed by atoms with Crippen LogP contribution < -0.4 is 5.73 Å². The Morgan fingerprint density at radius 1 is 1.32 bits per heavy atom. The number of likely N-dealkylation sites (tertiary alicyclic amines) is 1. The van der Waals surface area contributed by atoms with Crippen molar-refractivity contribution in [2.75, 3.05) is 13.1 Å². The molecule has 0 aliphatic carbocycles. The molecule has 1 aromatic carbocycles. The van der Waals surface area contributed by atoms with Crippen molar-refractivity contribution < 1.29 is 4.79 Å². The normalized spacial score (nSPS) is 22.1. The first-order valence-corrected chi connectivity index (χ1v) is 7.29. The molecule has 0 radical (unpaired) electrons. The van der Waals surface area contributed by atoms with Crippen molar-refractivity contribution in [1.82, 2.24) is 4.90 Å². The van der Waals surface area contributed by atoms with Crippen LogP contribution >= 0.6 is 0 Å². The summed E-state index contributed by atoms with van der Waals surface area (Å²) in [5.74, 6) is 0.962. The van der Waals surface area contributed by atoms with E-state index in [9.17, 15) is 4.79 Å². The number of hydrogen-bond acceptors (Lipinski definition) is 2. The highest BCUT2D eigenvalue weighted by Crippen LogP contribution is 2.22. The van der Waals surface area contributed by atoms with Crippen LogP contribution in [0.1, 0.15) is 44.2 Å². The van der Waals surface area contributed by atoms with Crippen LogP contribution in [0.2, 0.25) is 0 Å². The van der Waals surface area contributed by atoms with Gasteiger partial charge in [0.1, 0.15) is 0 Å². The number of amides is 1. The maximum Gasteiger partial charge on any atom is 0.222 e. The molecule has 1 aliphatic rings. The summed E-state index contributed by atoms with van der Waals surface area (Å²) in [4.78, 5) is 14.1. The molecule has 3 heteroatoms. The van der Waals surface area contributed by atoms with Crippen LogP contribution in [0.15, 0.2) is 30.3 Å². The van der Waals surface area contributed by atoms with Gasteiger partial charge in [-0.05, 0) is 24.3 Å². The first-order chi connectivity index (χ1) is 9.20. The molecular formula is C16H24N2O. The lowest BCUT2D eigenvalue weighted by atomic mass is 9.98. The zero-order chi connectivity index (χ0) is 13.7. The predicted octanol–water partition coefficient (Wildman–Crippen LogP) is 2.73. The van der Waals surface area contributed by atoms with Crippen LogP contribution in [0, 0.1) is 5.92 Å². The van der Waals surface area contributed by atoms with Gasteiger partial charge in [0.05, 0.1) is 0 Å². The summed E-state index contributed by atoms with van der Waals surface area (Å²) < 4.78 is 0. The minimum Gasteiger partial charge on any atom is -0.341 e. The molecule has 104 valence electrons. The number of benzene rings is 1. The van der Waals surface area contributed by atoms with Crippen molar-refractivity contribution in [3.8, 4) is 0 Å². The summed E-state index contributed by atoms with van der Waals surface area (Å²) in [6, 6.07) is 9.95. The van der Waals surface area contributed by atoms with E-state index in [0.29, 0.717) is 18.9 Å². The first-order valence-electron chi connectivity index (χ1n) is 7.29. The fraction of sp³-hybridized carbons (Fsp3) is 0.562. The lowest BCUT2D eigenvalue weighted by molar-refractivity contribution is -0.130. The molecule has 2 unspecified atom stereocenters. The number of nitrogens with two attached hydrogens (primary N) is 1. The largest absolute Gasteiger partial charge is 0.341 e. The number of hydrogen-bond donors (Lipinski definition) is 1. The van der Waals surface area contributed by atoms with Gasteiger partial charge in [0, 0.05) is 25.6 Å². The monoisotopic (exact) mass is 260 g/mol. The van der Waals surface area contributed by atoms with E-state index in [-0.39, 0.29) is 11.9 Å². The van der Waals surface area contributed by atoms with Crippen molar-refractivity contribution in [2.24, 2.45) is 11.7 Å². The summed E-state index contributed by atoms with van der Waals surface area (Å²) in [5.41, 5.74) is 7.32. The van der Waals surface area contributed by atoms with Gasteiger partial charge in [-0.25, -0.2) is 0 Å². The minimum atomic E-state index is -0.0803. The fourth-order valence-electron chi connectivity index (χ4n) is 2.74. The molecule has 1 fully saturated rings. The maximum absolute atomic E-state index is 12.1. The van der Waals surface area contributed by atoms with Crippen LogP contribution in [0.25, 0.3) is 0 Å². The number of carbonyl (C=O) groups is 1. The lowest BCUT2D eigenvalue weighted by Gasteiger charge is -2.24. The maximum atomic E-state index is 12.1. The Bertz CT molecular complexity index is 404. The summed E-state index contributed by atoms with van der Waals surface area (Å²) in [6.07, 6.45) is 4.00. The van der Waals surface area contributed by atoms with Crippen molar-refractivity contribution in [2.45, 2.75) is 38.6 Å². The van der Waals surface area contributed by atoms with Crippen LogP contribution in [-0.2, 0) is 4.79 Å². The molecule has 1 aromatic rings. The molecule has 0 saturated carbocycles. The van der Waals surface area contributed by atoms with Gasteiger partial charge in [0.2, 0.25) is 5.91 Å². The third kappa shape index (κ3) is 3.80. The van der Waals surface area contributed by atoms with E-state index in [1.165, 1.54) is 6.42 Å². The van der Waals surface area contributed by atoms with Gasteiger partial charge >= 0.3 is 0 Å². The summed E-state index contributed by atoms with van der Waals surface area (Å²) in [7, 11) is 0. The average molecular weight is 260 g/mol. The van der Waals surface area contributed by atoms with Gasteiger partial charge in [-0.2, -0.15) is 0 Å². The Morgan fingerprint density at radius 2 is 2.05 bits per heavy atom. The first kappa shape index (κ1) is 14.1. The molecule has 0 spiro atoms. The van der Waals surface area contributed by atoms with E-state index in [0.717, 1.165) is 24.9 Å².